The summed E-state index contributed by atoms with van der Waals surface area (Å²) < 4.78 is 12.9. The molecule has 0 aliphatic heterocycles. The summed E-state index contributed by atoms with van der Waals surface area (Å²) in [5.74, 6) is -0.332. The topological polar surface area (TPSA) is 33.1 Å². The van der Waals surface area contributed by atoms with Crippen LogP contribution in [0.25, 0.3) is 0 Å². The second-order valence-electron chi connectivity index (χ2n) is 4.33. The van der Waals surface area contributed by atoms with Crippen molar-refractivity contribution in [2.45, 2.75) is 38.7 Å². The summed E-state index contributed by atoms with van der Waals surface area (Å²) in [5, 5.41) is 9.30. The quantitative estimate of drug-likeness (QED) is 0.806. The maximum atomic E-state index is 12.9. The van der Waals surface area contributed by atoms with Gasteiger partial charge in [0.05, 0.1) is 12.3 Å². The Morgan fingerprint density at radius 2 is 2.14 bits per heavy atom. The second kappa shape index (κ2) is 4.05. The van der Waals surface area contributed by atoms with E-state index < -0.39 is 6.10 Å². The van der Waals surface area contributed by atoms with Gasteiger partial charge in [0.15, 0.2) is 0 Å². The number of aliphatic hydroxyl groups excluding tert-OH is 1. The van der Waals surface area contributed by atoms with Crippen LogP contribution in [-0.2, 0) is 5.41 Å². The summed E-state index contributed by atoms with van der Waals surface area (Å²) >= 11 is 0. The van der Waals surface area contributed by atoms with Gasteiger partial charge in [0.2, 0.25) is 0 Å². The van der Waals surface area contributed by atoms with Crippen LogP contribution < -0.4 is 0 Å². The van der Waals surface area contributed by atoms with Crippen molar-refractivity contribution in [2.24, 2.45) is 0 Å². The SMILES string of the molecule is CC(O)CC(C)(C)c1cncc(F)c1. The summed E-state index contributed by atoms with van der Waals surface area (Å²) in [6.45, 7) is 5.67. The Balaban J connectivity index is 2.91. The molecular formula is C11H16FNO. The predicted molar refractivity (Wildman–Crippen MR) is 53.5 cm³/mol. The first-order chi connectivity index (χ1) is 6.42. The van der Waals surface area contributed by atoms with Crippen LogP contribution in [0.3, 0.4) is 0 Å². The van der Waals surface area contributed by atoms with Crippen molar-refractivity contribution in [2.75, 3.05) is 0 Å². The van der Waals surface area contributed by atoms with E-state index in [1.54, 1.807) is 13.1 Å². The van der Waals surface area contributed by atoms with Crippen LogP contribution in [0.4, 0.5) is 4.39 Å². The van der Waals surface area contributed by atoms with E-state index in [2.05, 4.69) is 4.98 Å². The number of aliphatic hydroxyl groups is 1. The van der Waals surface area contributed by atoms with Crippen LogP contribution in [0.2, 0.25) is 0 Å². The zero-order valence-electron chi connectivity index (χ0n) is 8.79. The predicted octanol–water partition coefficient (Wildman–Crippen LogP) is 2.27. The van der Waals surface area contributed by atoms with Gasteiger partial charge in [-0.15, -0.1) is 0 Å². The lowest BCUT2D eigenvalue weighted by Crippen LogP contribution is -2.23. The third-order valence-electron chi connectivity index (χ3n) is 2.29. The van der Waals surface area contributed by atoms with Crippen molar-refractivity contribution in [3.8, 4) is 0 Å². The first kappa shape index (κ1) is 11.1. The molecule has 3 heteroatoms. The van der Waals surface area contributed by atoms with E-state index in [1.165, 1.54) is 12.3 Å². The summed E-state index contributed by atoms with van der Waals surface area (Å²) in [5.41, 5.74) is 0.571. The molecule has 0 bridgehead atoms. The van der Waals surface area contributed by atoms with Gasteiger partial charge in [0.25, 0.3) is 0 Å². The van der Waals surface area contributed by atoms with Crippen LogP contribution in [-0.4, -0.2) is 16.2 Å². The molecule has 0 aliphatic carbocycles. The minimum Gasteiger partial charge on any atom is -0.393 e. The molecule has 2 nitrogen and oxygen atoms in total. The Morgan fingerprint density at radius 1 is 1.50 bits per heavy atom. The lowest BCUT2D eigenvalue weighted by Gasteiger charge is -2.26. The Labute approximate surface area is 83.8 Å². The van der Waals surface area contributed by atoms with E-state index >= 15 is 0 Å². The third kappa shape index (κ3) is 2.77. The fourth-order valence-corrected chi connectivity index (χ4v) is 1.64. The second-order valence-corrected chi connectivity index (χ2v) is 4.33. The van der Waals surface area contributed by atoms with Crippen LogP contribution in [0.1, 0.15) is 32.8 Å². The van der Waals surface area contributed by atoms with E-state index in [4.69, 9.17) is 0 Å². The van der Waals surface area contributed by atoms with Crippen LogP contribution in [0.5, 0.6) is 0 Å². The van der Waals surface area contributed by atoms with Gasteiger partial charge in [-0.3, -0.25) is 4.98 Å². The minimum atomic E-state index is -0.395. The van der Waals surface area contributed by atoms with Gasteiger partial charge in [0.1, 0.15) is 5.82 Å². The number of aromatic nitrogens is 1. The highest BCUT2D eigenvalue weighted by molar-refractivity contribution is 5.20. The Hall–Kier alpha value is -0.960. The third-order valence-corrected chi connectivity index (χ3v) is 2.29. The maximum absolute atomic E-state index is 12.9. The average Bonchev–Trinajstić information content (AvgIpc) is 2.01. The number of hydrogen-bond donors (Lipinski definition) is 1. The van der Waals surface area contributed by atoms with Crippen molar-refractivity contribution >= 4 is 0 Å². The van der Waals surface area contributed by atoms with E-state index in [0.29, 0.717) is 6.42 Å². The number of nitrogens with zero attached hydrogens (tertiary/aromatic N) is 1. The monoisotopic (exact) mass is 197 g/mol. The van der Waals surface area contributed by atoms with Crippen molar-refractivity contribution in [1.29, 1.82) is 0 Å². The first-order valence-electron chi connectivity index (χ1n) is 4.71. The molecule has 14 heavy (non-hydrogen) atoms. The molecule has 0 aliphatic rings. The number of hydrogen-bond acceptors (Lipinski definition) is 2. The summed E-state index contributed by atoms with van der Waals surface area (Å²) in [7, 11) is 0. The molecule has 1 N–H and O–H groups in total. The van der Waals surface area contributed by atoms with E-state index in [9.17, 15) is 9.50 Å². The molecule has 1 aromatic heterocycles. The van der Waals surface area contributed by atoms with Gasteiger partial charge in [-0.25, -0.2) is 4.39 Å². The molecule has 0 radical (unpaired) electrons. The molecule has 0 saturated carbocycles. The lowest BCUT2D eigenvalue weighted by molar-refractivity contribution is 0.156. The molecule has 0 spiro atoms. The Morgan fingerprint density at radius 3 is 2.64 bits per heavy atom. The largest absolute Gasteiger partial charge is 0.393 e. The van der Waals surface area contributed by atoms with Gasteiger partial charge in [-0.2, -0.15) is 0 Å². The van der Waals surface area contributed by atoms with E-state index in [-0.39, 0.29) is 11.2 Å². The van der Waals surface area contributed by atoms with Crippen LogP contribution >= 0.6 is 0 Å². The first-order valence-corrected chi connectivity index (χ1v) is 4.71. The molecule has 1 unspecified atom stereocenters. The Bertz CT molecular complexity index is 310. The summed E-state index contributed by atoms with van der Waals surface area (Å²) in [6.07, 6.45) is 3.03. The van der Waals surface area contributed by atoms with Crippen molar-refractivity contribution in [3.05, 3.63) is 29.8 Å². The molecule has 1 atom stereocenters. The van der Waals surface area contributed by atoms with Gasteiger partial charge >= 0.3 is 0 Å². The molecule has 0 amide bonds. The van der Waals surface area contributed by atoms with Crippen molar-refractivity contribution in [3.63, 3.8) is 0 Å². The van der Waals surface area contributed by atoms with Gasteiger partial charge in [-0.1, -0.05) is 13.8 Å². The summed E-state index contributed by atoms with van der Waals surface area (Å²) in [6, 6.07) is 1.47. The highest BCUT2D eigenvalue weighted by Gasteiger charge is 2.23. The molecule has 78 valence electrons. The normalized spacial score (nSPS) is 14.1. The fraction of sp³-hybridized carbons (Fsp3) is 0.545. The average molecular weight is 197 g/mol. The van der Waals surface area contributed by atoms with Gasteiger partial charge < -0.3 is 5.11 Å². The van der Waals surface area contributed by atoms with Crippen LogP contribution in [0.15, 0.2) is 18.5 Å². The number of halogens is 1. The summed E-state index contributed by atoms with van der Waals surface area (Å²) in [4.78, 5) is 3.80. The zero-order chi connectivity index (χ0) is 10.8. The molecule has 1 aromatic rings. The fourth-order valence-electron chi connectivity index (χ4n) is 1.64. The molecular weight excluding hydrogens is 181 g/mol. The molecule has 1 heterocycles. The van der Waals surface area contributed by atoms with Gasteiger partial charge in [0, 0.05) is 6.20 Å². The highest BCUT2D eigenvalue weighted by atomic mass is 19.1. The zero-order valence-corrected chi connectivity index (χ0v) is 8.79. The van der Waals surface area contributed by atoms with Crippen molar-refractivity contribution in [1.82, 2.24) is 4.98 Å². The maximum Gasteiger partial charge on any atom is 0.141 e. The molecule has 0 saturated heterocycles. The van der Waals surface area contributed by atoms with Crippen molar-refractivity contribution < 1.29 is 9.50 Å². The minimum absolute atomic E-state index is 0.247. The Kier molecular flexibility index (Phi) is 3.21. The molecule has 1 rings (SSSR count). The number of pyridine rings is 1. The molecule has 0 fully saturated rings. The van der Waals surface area contributed by atoms with E-state index in [1.807, 2.05) is 13.8 Å². The smallest absolute Gasteiger partial charge is 0.141 e. The van der Waals surface area contributed by atoms with Gasteiger partial charge in [-0.05, 0) is 30.4 Å². The highest BCUT2D eigenvalue weighted by Crippen LogP contribution is 2.27. The van der Waals surface area contributed by atoms with E-state index in [0.717, 1.165) is 5.56 Å². The molecule has 0 aromatic carbocycles. The lowest BCUT2D eigenvalue weighted by atomic mass is 9.81. The number of rotatable bonds is 3. The standard InChI is InChI=1S/C11H16FNO/c1-8(14)5-11(2,3)9-4-10(12)7-13-6-9/h4,6-8,14H,5H2,1-3H3. The van der Waals surface area contributed by atoms with Crippen LogP contribution in [0, 0.1) is 5.82 Å².